The fourth-order valence-corrected chi connectivity index (χ4v) is 1.57. The van der Waals surface area contributed by atoms with E-state index in [9.17, 15) is 9.59 Å². The molecule has 5 nitrogen and oxygen atoms in total. The molecule has 0 bridgehead atoms. The van der Waals surface area contributed by atoms with Gasteiger partial charge >= 0.3 is 6.03 Å². The second kappa shape index (κ2) is 5.27. The molecule has 0 aliphatic carbocycles. The number of rotatable bonds is 2. The Bertz CT molecular complexity index is 481. The SMILES string of the molecule is CC(C)(C)NC(=O)Nc1ccc(C(N)=O)c(Cl)c1. The van der Waals surface area contributed by atoms with Crippen molar-refractivity contribution in [2.24, 2.45) is 5.73 Å². The zero-order valence-corrected chi connectivity index (χ0v) is 11.3. The number of nitrogens with one attached hydrogen (secondary N) is 2. The van der Waals surface area contributed by atoms with Crippen molar-refractivity contribution in [3.63, 3.8) is 0 Å². The number of anilines is 1. The van der Waals surface area contributed by atoms with Crippen LogP contribution in [0.2, 0.25) is 5.02 Å². The highest BCUT2D eigenvalue weighted by Gasteiger charge is 2.14. The standard InChI is InChI=1S/C12H16ClN3O2/c1-12(2,3)16-11(18)15-7-4-5-8(10(14)17)9(13)6-7/h4-6H,1-3H3,(H2,14,17)(H2,15,16,18). The first-order valence-corrected chi connectivity index (χ1v) is 5.75. The number of carbonyl (C=O) groups excluding carboxylic acids is 2. The van der Waals surface area contributed by atoms with E-state index in [1.54, 1.807) is 6.07 Å². The fourth-order valence-electron chi connectivity index (χ4n) is 1.30. The lowest BCUT2D eigenvalue weighted by Crippen LogP contribution is -2.43. The molecule has 1 aromatic rings. The average Bonchev–Trinajstić information content (AvgIpc) is 2.13. The van der Waals surface area contributed by atoms with Crippen LogP contribution in [-0.4, -0.2) is 17.5 Å². The van der Waals surface area contributed by atoms with Gasteiger partial charge in [-0.2, -0.15) is 0 Å². The molecule has 0 atom stereocenters. The maximum atomic E-state index is 11.6. The molecule has 98 valence electrons. The summed E-state index contributed by atoms with van der Waals surface area (Å²) in [6.45, 7) is 5.61. The molecule has 0 aliphatic rings. The molecule has 0 spiro atoms. The molecule has 0 saturated carbocycles. The van der Waals surface area contributed by atoms with Crippen molar-refractivity contribution in [3.05, 3.63) is 28.8 Å². The van der Waals surface area contributed by atoms with Crippen LogP contribution in [0, 0.1) is 0 Å². The minimum Gasteiger partial charge on any atom is -0.366 e. The van der Waals surface area contributed by atoms with Gasteiger partial charge in [0.05, 0.1) is 10.6 Å². The topological polar surface area (TPSA) is 84.2 Å². The molecule has 0 radical (unpaired) electrons. The third kappa shape index (κ3) is 4.25. The van der Waals surface area contributed by atoms with E-state index in [4.69, 9.17) is 17.3 Å². The Balaban J connectivity index is 2.78. The number of hydrogen-bond acceptors (Lipinski definition) is 2. The van der Waals surface area contributed by atoms with Gasteiger partial charge in [0.1, 0.15) is 0 Å². The number of amides is 3. The summed E-state index contributed by atoms with van der Waals surface area (Å²) < 4.78 is 0. The highest BCUT2D eigenvalue weighted by molar-refractivity contribution is 6.34. The normalized spacial score (nSPS) is 10.9. The van der Waals surface area contributed by atoms with E-state index >= 15 is 0 Å². The lowest BCUT2D eigenvalue weighted by Gasteiger charge is -2.20. The van der Waals surface area contributed by atoms with Crippen LogP contribution in [0.25, 0.3) is 0 Å². The smallest absolute Gasteiger partial charge is 0.319 e. The van der Waals surface area contributed by atoms with E-state index in [0.29, 0.717) is 5.69 Å². The van der Waals surface area contributed by atoms with Gasteiger partial charge in [0, 0.05) is 11.2 Å². The molecule has 4 N–H and O–H groups in total. The van der Waals surface area contributed by atoms with Crippen LogP contribution in [0.15, 0.2) is 18.2 Å². The second-order valence-corrected chi connectivity index (χ2v) is 5.30. The highest BCUT2D eigenvalue weighted by Crippen LogP contribution is 2.20. The van der Waals surface area contributed by atoms with E-state index in [0.717, 1.165) is 0 Å². The Morgan fingerprint density at radius 1 is 1.28 bits per heavy atom. The van der Waals surface area contributed by atoms with Crippen LogP contribution in [-0.2, 0) is 0 Å². The van der Waals surface area contributed by atoms with Crippen molar-refractivity contribution in [1.29, 1.82) is 0 Å². The molecular formula is C12H16ClN3O2. The van der Waals surface area contributed by atoms with Crippen LogP contribution in [0.3, 0.4) is 0 Å². The predicted molar refractivity (Wildman–Crippen MR) is 71.9 cm³/mol. The molecule has 3 amide bonds. The lowest BCUT2D eigenvalue weighted by atomic mass is 10.1. The van der Waals surface area contributed by atoms with Gasteiger partial charge in [-0.25, -0.2) is 4.79 Å². The van der Waals surface area contributed by atoms with Gasteiger partial charge in [-0.3, -0.25) is 4.79 Å². The van der Waals surface area contributed by atoms with Crippen molar-refractivity contribution in [1.82, 2.24) is 5.32 Å². The number of urea groups is 1. The van der Waals surface area contributed by atoms with Gasteiger partial charge in [-0.05, 0) is 39.0 Å². The third-order valence-corrected chi connectivity index (χ3v) is 2.29. The molecular weight excluding hydrogens is 254 g/mol. The van der Waals surface area contributed by atoms with Crippen LogP contribution in [0.1, 0.15) is 31.1 Å². The molecule has 0 saturated heterocycles. The quantitative estimate of drug-likeness (QED) is 0.770. The number of benzene rings is 1. The molecule has 0 heterocycles. The summed E-state index contributed by atoms with van der Waals surface area (Å²) in [6, 6.07) is 4.17. The predicted octanol–water partition coefficient (Wildman–Crippen LogP) is 2.36. The number of nitrogens with two attached hydrogens (primary N) is 1. The molecule has 6 heteroatoms. The molecule has 0 aliphatic heterocycles. The van der Waals surface area contributed by atoms with Gasteiger partial charge in [-0.1, -0.05) is 11.6 Å². The Morgan fingerprint density at radius 2 is 1.89 bits per heavy atom. The average molecular weight is 270 g/mol. The summed E-state index contributed by atoms with van der Waals surface area (Å²) in [5.41, 5.74) is 5.51. The largest absolute Gasteiger partial charge is 0.366 e. The minimum absolute atomic E-state index is 0.205. The Kier molecular flexibility index (Phi) is 4.19. The number of halogens is 1. The van der Waals surface area contributed by atoms with E-state index in [-0.39, 0.29) is 22.2 Å². The van der Waals surface area contributed by atoms with Gasteiger partial charge in [0.25, 0.3) is 0 Å². The van der Waals surface area contributed by atoms with E-state index in [1.807, 2.05) is 20.8 Å². The fraction of sp³-hybridized carbons (Fsp3) is 0.333. The molecule has 0 unspecified atom stereocenters. The summed E-state index contributed by atoms with van der Waals surface area (Å²) in [4.78, 5) is 22.6. The first-order chi connectivity index (χ1) is 8.19. The summed E-state index contributed by atoms with van der Waals surface area (Å²) in [7, 11) is 0. The zero-order valence-electron chi connectivity index (χ0n) is 10.5. The van der Waals surface area contributed by atoms with Gasteiger partial charge < -0.3 is 16.4 Å². The maximum Gasteiger partial charge on any atom is 0.319 e. The Hall–Kier alpha value is -1.75. The molecule has 0 fully saturated rings. The third-order valence-electron chi connectivity index (χ3n) is 1.98. The Labute approximate surface area is 111 Å². The summed E-state index contributed by atoms with van der Waals surface area (Å²) >= 11 is 5.87. The molecule has 1 rings (SSSR count). The minimum atomic E-state index is -0.606. The monoisotopic (exact) mass is 269 g/mol. The van der Waals surface area contributed by atoms with Crippen LogP contribution < -0.4 is 16.4 Å². The summed E-state index contributed by atoms with van der Waals surface area (Å²) in [5, 5.41) is 5.56. The van der Waals surface area contributed by atoms with Crippen molar-refractivity contribution in [3.8, 4) is 0 Å². The number of carbonyl (C=O) groups is 2. The summed E-state index contributed by atoms with van der Waals surface area (Å²) in [5.74, 6) is -0.606. The first kappa shape index (κ1) is 14.3. The van der Waals surface area contributed by atoms with E-state index in [2.05, 4.69) is 10.6 Å². The zero-order chi connectivity index (χ0) is 13.9. The van der Waals surface area contributed by atoms with Gasteiger partial charge in [0.15, 0.2) is 0 Å². The van der Waals surface area contributed by atoms with Crippen molar-refractivity contribution < 1.29 is 9.59 Å². The number of hydrogen-bond donors (Lipinski definition) is 3. The van der Waals surface area contributed by atoms with Crippen LogP contribution in [0.4, 0.5) is 10.5 Å². The van der Waals surface area contributed by atoms with Crippen molar-refractivity contribution in [2.45, 2.75) is 26.3 Å². The van der Waals surface area contributed by atoms with Crippen molar-refractivity contribution in [2.75, 3.05) is 5.32 Å². The van der Waals surface area contributed by atoms with Gasteiger partial charge in [0.2, 0.25) is 5.91 Å². The summed E-state index contributed by atoms with van der Waals surface area (Å²) in [6.07, 6.45) is 0. The Morgan fingerprint density at radius 3 is 2.33 bits per heavy atom. The van der Waals surface area contributed by atoms with Gasteiger partial charge in [-0.15, -0.1) is 0 Å². The molecule has 18 heavy (non-hydrogen) atoms. The van der Waals surface area contributed by atoms with E-state index in [1.165, 1.54) is 12.1 Å². The molecule has 1 aromatic carbocycles. The first-order valence-electron chi connectivity index (χ1n) is 5.37. The maximum absolute atomic E-state index is 11.6. The van der Waals surface area contributed by atoms with Crippen molar-refractivity contribution >= 4 is 29.2 Å². The van der Waals surface area contributed by atoms with E-state index < -0.39 is 5.91 Å². The highest BCUT2D eigenvalue weighted by atomic mass is 35.5. The number of primary amides is 1. The van der Waals surface area contributed by atoms with Crippen LogP contribution in [0.5, 0.6) is 0 Å². The molecule has 0 aromatic heterocycles. The lowest BCUT2D eigenvalue weighted by molar-refractivity contribution is 0.100. The van der Waals surface area contributed by atoms with Crippen LogP contribution >= 0.6 is 11.6 Å². The second-order valence-electron chi connectivity index (χ2n) is 4.89.